The van der Waals surface area contributed by atoms with Crippen LogP contribution in [0.4, 0.5) is 0 Å². The summed E-state index contributed by atoms with van der Waals surface area (Å²) in [6.07, 6.45) is 0.833. The first kappa shape index (κ1) is 12.6. The molecule has 0 aliphatic heterocycles. The maximum absolute atomic E-state index is 7.92. The van der Waals surface area contributed by atoms with Gasteiger partial charge in [-0.3, -0.25) is 0 Å². The maximum atomic E-state index is 7.92. The van der Waals surface area contributed by atoms with Gasteiger partial charge in [0, 0.05) is 0 Å². The van der Waals surface area contributed by atoms with Crippen molar-refractivity contribution < 1.29 is 20.1 Å². The zero-order valence-corrected chi connectivity index (χ0v) is 6.36. The summed E-state index contributed by atoms with van der Waals surface area (Å²) in [6, 6.07) is 0. The van der Waals surface area contributed by atoms with Gasteiger partial charge in [0.05, 0.1) is 0 Å². The minimum Gasteiger partial charge on any atom is -0.427 e. The molecule has 0 heterocycles. The summed E-state index contributed by atoms with van der Waals surface area (Å²) in [7, 11) is -2.23. The van der Waals surface area contributed by atoms with Crippen LogP contribution in [-0.2, 0) is 0 Å². The largest absolute Gasteiger partial charge is 0.451 e. The molecule has 0 saturated heterocycles. The predicted molar refractivity (Wildman–Crippen MR) is 41.3 cm³/mol. The molecule has 0 aromatic heterocycles. The molecule has 0 unspecified atom stereocenters. The normalized spacial score (nSPS) is 7.80. The Morgan fingerprint density at radius 2 is 0.900 bits per heavy atom. The Hall–Kier alpha value is -0.0301. The van der Waals surface area contributed by atoms with Gasteiger partial charge in [-0.15, -0.1) is 0 Å². The quantitative estimate of drug-likeness (QED) is 0.377. The SMILES string of the molecule is CCB(O)O.CCB(O)O. The zero-order chi connectivity index (χ0) is 8.57. The van der Waals surface area contributed by atoms with Crippen LogP contribution >= 0.6 is 0 Å². The van der Waals surface area contributed by atoms with E-state index in [1.165, 1.54) is 0 Å². The lowest BCUT2D eigenvalue weighted by molar-refractivity contribution is 0.407. The molecule has 0 aromatic carbocycles. The fourth-order valence-corrected chi connectivity index (χ4v) is 0. The van der Waals surface area contributed by atoms with E-state index in [2.05, 4.69) is 0 Å². The third kappa shape index (κ3) is 24.6. The van der Waals surface area contributed by atoms with Crippen molar-refractivity contribution in [2.24, 2.45) is 0 Å². The van der Waals surface area contributed by atoms with Crippen LogP contribution in [-0.4, -0.2) is 34.3 Å². The Kier molecular flexibility index (Phi) is 11.3. The van der Waals surface area contributed by atoms with E-state index in [4.69, 9.17) is 20.1 Å². The fourth-order valence-electron chi connectivity index (χ4n) is 0. The molecule has 0 amide bonds. The summed E-state index contributed by atoms with van der Waals surface area (Å²) in [6.45, 7) is 3.40. The summed E-state index contributed by atoms with van der Waals surface area (Å²) in [5.41, 5.74) is 0. The van der Waals surface area contributed by atoms with Gasteiger partial charge in [-0.05, 0) is 12.6 Å². The van der Waals surface area contributed by atoms with E-state index in [0.29, 0.717) is 12.6 Å². The Labute approximate surface area is 61.8 Å². The first-order valence-electron chi connectivity index (χ1n) is 3.26. The Balaban J connectivity index is 0. The predicted octanol–water partition coefficient (Wildman–Crippen LogP) is -1.04. The van der Waals surface area contributed by atoms with Crippen LogP contribution in [0.15, 0.2) is 0 Å². The minimum absolute atomic E-state index is 0.417. The van der Waals surface area contributed by atoms with Gasteiger partial charge < -0.3 is 20.1 Å². The topological polar surface area (TPSA) is 80.9 Å². The van der Waals surface area contributed by atoms with E-state index < -0.39 is 14.2 Å². The second kappa shape index (κ2) is 8.97. The molecule has 4 N–H and O–H groups in total. The third-order valence-electron chi connectivity index (χ3n) is 0.730. The van der Waals surface area contributed by atoms with Gasteiger partial charge in [0.2, 0.25) is 0 Å². The van der Waals surface area contributed by atoms with Crippen molar-refractivity contribution in [3.05, 3.63) is 0 Å². The smallest absolute Gasteiger partial charge is 0.427 e. The first-order chi connectivity index (χ1) is 4.54. The van der Waals surface area contributed by atoms with Crippen molar-refractivity contribution in [3.8, 4) is 0 Å². The van der Waals surface area contributed by atoms with Crippen LogP contribution in [0, 0.1) is 0 Å². The molecule has 60 valence electrons. The van der Waals surface area contributed by atoms with E-state index in [-0.39, 0.29) is 0 Å². The molecule has 0 fully saturated rings. The van der Waals surface area contributed by atoms with Crippen LogP contribution < -0.4 is 0 Å². The molecule has 0 aliphatic carbocycles. The zero-order valence-electron chi connectivity index (χ0n) is 6.36. The van der Waals surface area contributed by atoms with Gasteiger partial charge >= 0.3 is 14.2 Å². The molecule has 4 nitrogen and oxygen atoms in total. The molecule has 0 atom stereocenters. The van der Waals surface area contributed by atoms with E-state index in [9.17, 15) is 0 Å². The minimum atomic E-state index is -1.12. The van der Waals surface area contributed by atoms with Gasteiger partial charge in [-0.1, -0.05) is 13.8 Å². The molecule has 10 heavy (non-hydrogen) atoms. The summed E-state index contributed by atoms with van der Waals surface area (Å²) in [4.78, 5) is 0. The van der Waals surface area contributed by atoms with E-state index in [0.717, 1.165) is 0 Å². The van der Waals surface area contributed by atoms with Gasteiger partial charge in [-0.2, -0.15) is 0 Å². The molecule has 6 heteroatoms. The summed E-state index contributed by atoms with van der Waals surface area (Å²) in [5, 5.41) is 31.7. The highest BCUT2D eigenvalue weighted by Crippen LogP contribution is 1.74. The van der Waals surface area contributed by atoms with E-state index in [1.54, 1.807) is 13.8 Å². The molecule has 0 rings (SSSR count). The Morgan fingerprint density at radius 3 is 0.900 bits per heavy atom. The number of hydrogen-bond acceptors (Lipinski definition) is 4. The van der Waals surface area contributed by atoms with Crippen LogP contribution in [0.25, 0.3) is 0 Å². The molecular formula is C4H14B2O4. The average molecular weight is 148 g/mol. The molecular weight excluding hydrogens is 134 g/mol. The lowest BCUT2D eigenvalue weighted by Gasteiger charge is -1.81. The van der Waals surface area contributed by atoms with Crippen LogP contribution in [0.2, 0.25) is 12.6 Å². The standard InChI is InChI=1S/2C2H7BO2/c2*1-2-3(4)5/h2*4-5H,2H2,1H3. The molecule has 0 saturated carbocycles. The highest BCUT2D eigenvalue weighted by atomic mass is 16.4. The fraction of sp³-hybridized carbons (Fsp3) is 1.00. The van der Waals surface area contributed by atoms with Crippen molar-refractivity contribution in [1.29, 1.82) is 0 Å². The molecule has 0 spiro atoms. The summed E-state index contributed by atoms with van der Waals surface area (Å²) in [5.74, 6) is 0. The first-order valence-corrected chi connectivity index (χ1v) is 3.26. The Bertz CT molecular complexity index is 51.2. The highest BCUT2D eigenvalue weighted by Gasteiger charge is 1.97. The second-order valence-electron chi connectivity index (χ2n) is 1.78. The maximum Gasteiger partial charge on any atom is 0.451 e. The van der Waals surface area contributed by atoms with E-state index >= 15 is 0 Å². The monoisotopic (exact) mass is 148 g/mol. The van der Waals surface area contributed by atoms with Crippen molar-refractivity contribution in [1.82, 2.24) is 0 Å². The van der Waals surface area contributed by atoms with Gasteiger partial charge in [-0.25, -0.2) is 0 Å². The summed E-state index contributed by atoms with van der Waals surface area (Å²) >= 11 is 0. The number of hydrogen-bond donors (Lipinski definition) is 4. The van der Waals surface area contributed by atoms with E-state index in [1.807, 2.05) is 0 Å². The van der Waals surface area contributed by atoms with Gasteiger partial charge in [0.15, 0.2) is 0 Å². The highest BCUT2D eigenvalue weighted by molar-refractivity contribution is 6.41. The Morgan fingerprint density at radius 1 is 0.800 bits per heavy atom. The van der Waals surface area contributed by atoms with Gasteiger partial charge in [0.25, 0.3) is 0 Å². The lowest BCUT2D eigenvalue weighted by Crippen LogP contribution is -2.06. The van der Waals surface area contributed by atoms with Crippen molar-refractivity contribution >= 4 is 14.2 Å². The van der Waals surface area contributed by atoms with Crippen molar-refractivity contribution in [2.45, 2.75) is 26.5 Å². The van der Waals surface area contributed by atoms with Crippen molar-refractivity contribution in [3.63, 3.8) is 0 Å². The lowest BCUT2D eigenvalue weighted by atomic mass is 9.88. The molecule has 0 aromatic rings. The number of rotatable bonds is 2. The third-order valence-corrected chi connectivity index (χ3v) is 0.730. The molecule has 0 bridgehead atoms. The van der Waals surface area contributed by atoms with Crippen molar-refractivity contribution in [2.75, 3.05) is 0 Å². The molecule has 0 aliphatic rings. The van der Waals surface area contributed by atoms with Crippen LogP contribution in [0.3, 0.4) is 0 Å². The summed E-state index contributed by atoms with van der Waals surface area (Å²) < 4.78 is 0. The van der Waals surface area contributed by atoms with Crippen LogP contribution in [0.1, 0.15) is 13.8 Å². The van der Waals surface area contributed by atoms with Gasteiger partial charge in [0.1, 0.15) is 0 Å². The molecule has 0 radical (unpaired) electrons. The van der Waals surface area contributed by atoms with Crippen LogP contribution in [0.5, 0.6) is 0 Å². The second-order valence-corrected chi connectivity index (χ2v) is 1.78. The average Bonchev–Trinajstić information content (AvgIpc) is 1.89.